The first-order valence-corrected chi connectivity index (χ1v) is 7.40. The summed E-state index contributed by atoms with van der Waals surface area (Å²) in [6.45, 7) is 2.62. The Morgan fingerprint density at radius 2 is 1.38 bits per heavy atom. The number of carboxylic acids is 2. The predicted molar refractivity (Wildman–Crippen MR) is 92.2 cm³/mol. The molecule has 0 fully saturated rings. The molecule has 0 aliphatic heterocycles. The van der Waals surface area contributed by atoms with Gasteiger partial charge in [0.05, 0.1) is 11.1 Å². The monoisotopic (exact) mass is 330 g/mol. The van der Waals surface area contributed by atoms with Crippen LogP contribution in [0.4, 0.5) is 0 Å². The van der Waals surface area contributed by atoms with Crippen molar-refractivity contribution in [3.8, 4) is 0 Å². The Bertz CT molecular complexity index is 664. The van der Waals surface area contributed by atoms with E-state index in [0.717, 1.165) is 17.7 Å². The van der Waals surface area contributed by atoms with Gasteiger partial charge in [0.25, 0.3) is 0 Å². The summed E-state index contributed by atoms with van der Waals surface area (Å²) in [5.74, 6) is -1.79. The summed E-state index contributed by atoms with van der Waals surface area (Å²) >= 11 is 0. The molecule has 2 rings (SSSR count). The number of nitrogens with two attached hydrogens (primary N) is 1. The Labute approximate surface area is 140 Å². The molecule has 0 bridgehead atoms. The Kier molecular flexibility index (Phi) is 7.61. The highest BCUT2D eigenvalue weighted by Crippen LogP contribution is 2.10. The normalized spacial score (nSPS) is 11.1. The fourth-order valence-electron chi connectivity index (χ4n) is 1.90. The van der Waals surface area contributed by atoms with Crippen LogP contribution in [0.2, 0.25) is 0 Å². The maximum atomic E-state index is 10.5. The van der Waals surface area contributed by atoms with Crippen molar-refractivity contribution >= 4 is 11.9 Å². The number of carbonyl (C=O) groups is 2. The summed E-state index contributed by atoms with van der Waals surface area (Å²) in [6, 6.07) is 13.3. The van der Waals surface area contributed by atoms with Crippen molar-refractivity contribution in [2.75, 3.05) is 7.05 Å². The minimum atomic E-state index is -0.911. The molecular weight excluding hydrogens is 308 g/mol. The molecule has 0 aliphatic carbocycles. The van der Waals surface area contributed by atoms with E-state index in [9.17, 15) is 9.59 Å². The van der Waals surface area contributed by atoms with Crippen LogP contribution in [0.5, 0.6) is 0 Å². The van der Waals surface area contributed by atoms with Gasteiger partial charge in [0.2, 0.25) is 0 Å². The Morgan fingerprint density at radius 1 is 0.958 bits per heavy atom. The number of aromatic carboxylic acids is 2. The van der Waals surface area contributed by atoms with E-state index in [1.165, 1.54) is 0 Å². The number of carboxylic acid groups (broad SMARTS) is 2. The average Bonchev–Trinajstić information content (AvgIpc) is 2.56. The molecule has 24 heavy (non-hydrogen) atoms. The first-order chi connectivity index (χ1) is 11.3. The summed E-state index contributed by atoms with van der Waals surface area (Å²) in [5, 5.41) is 20.2. The molecule has 0 aromatic heterocycles. The maximum absolute atomic E-state index is 10.5. The van der Waals surface area contributed by atoms with Crippen molar-refractivity contribution in [1.29, 1.82) is 0 Å². The molecule has 6 heteroatoms. The maximum Gasteiger partial charge on any atom is 0.335 e. The zero-order valence-corrected chi connectivity index (χ0v) is 13.7. The molecule has 2 aromatic carbocycles. The van der Waals surface area contributed by atoms with Crippen molar-refractivity contribution in [3.63, 3.8) is 0 Å². The lowest BCUT2D eigenvalue weighted by molar-refractivity contribution is 0.0686. The van der Waals surface area contributed by atoms with Gasteiger partial charge >= 0.3 is 11.9 Å². The van der Waals surface area contributed by atoms with Crippen LogP contribution in [-0.2, 0) is 6.54 Å². The minimum absolute atomic E-state index is 0.0483. The smallest absolute Gasteiger partial charge is 0.335 e. The van der Waals surface area contributed by atoms with Crippen molar-refractivity contribution in [2.24, 2.45) is 5.73 Å². The third kappa shape index (κ3) is 6.20. The van der Waals surface area contributed by atoms with Crippen molar-refractivity contribution in [2.45, 2.75) is 19.5 Å². The van der Waals surface area contributed by atoms with Gasteiger partial charge in [0.1, 0.15) is 0 Å². The lowest BCUT2D eigenvalue weighted by atomic mass is 10.1. The third-order valence-corrected chi connectivity index (χ3v) is 3.27. The van der Waals surface area contributed by atoms with Crippen LogP contribution in [0.1, 0.15) is 44.8 Å². The SMILES string of the molecule is CC(N)c1ccc(C(=O)O)cc1.CNCc1ccc(C(=O)O)cc1. The fraction of sp³-hybridized carbons (Fsp3) is 0.222. The lowest BCUT2D eigenvalue weighted by Gasteiger charge is -2.04. The van der Waals surface area contributed by atoms with E-state index in [1.807, 2.05) is 14.0 Å². The second kappa shape index (κ2) is 9.44. The summed E-state index contributed by atoms with van der Waals surface area (Å²) in [6.07, 6.45) is 0. The van der Waals surface area contributed by atoms with Crippen LogP contribution in [0.3, 0.4) is 0 Å². The van der Waals surface area contributed by atoms with E-state index >= 15 is 0 Å². The molecule has 2 aromatic rings. The largest absolute Gasteiger partial charge is 0.478 e. The van der Waals surface area contributed by atoms with E-state index in [2.05, 4.69) is 5.32 Å². The quantitative estimate of drug-likeness (QED) is 0.670. The zero-order chi connectivity index (χ0) is 18.1. The molecule has 0 spiro atoms. The topological polar surface area (TPSA) is 113 Å². The first kappa shape index (κ1) is 19.3. The highest BCUT2D eigenvalue weighted by molar-refractivity contribution is 5.87. The molecular formula is C18H22N2O4. The second-order valence-electron chi connectivity index (χ2n) is 5.25. The Morgan fingerprint density at radius 3 is 1.71 bits per heavy atom. The summed E-state index contributed by atoms with van der Waals surface area (Å²) in [4.78, 5) is 20.9. The number of rotatable bonds is 5. The van der Waals surface area contributed by atoms with Gasteiger partial charge in [-0.2, -0.15) is 0 Å². The molecule has 1 unspecified atom stereocenters. The molecule has 5 N–H and O–H groups in total. The Hall–Kier alpha value is -2.70. The number of hydrogen-bond donors (Lipinski definition) is 4. The van der Waals surface area contributed by atoms with Gasteiger partial charge in [0.15, 0.2) is 0 Å². The van der Waals surface area contributed by atoms with Crippen LogP contribution < -0.4 is 11.1 Å². The molecule has 0 saturated carbocycles. The predicted octanol–water partition coefficient (Wildman–Crippen LogP) is 2.51. The second-order valence-corrected chi connectivity index (χ2v) is 5.25. The molecule has 128 valence electrons. The van der Waals surface area contributed by atoms with E-state index in [0.29, 0.717) is 11.1 Å². The first-order valence-electron chi connectivity index (χ1n) is 7.40. The number of nitrogens with one attached hydrogen (secondary N) is 1. The van der Waals surface area contributed by atoms with Crippen LogP contribution in [-0.4, -0.2) is 29.2 Å². The van der Waals surface area contributed by atoms with Gasteiger partial charge in [-0.15, -0.1) is 0 Å². The number of benzene rings is 2. The number of hydrogen-bond acceptors (Lipinski definition) is 4. The molecule has 0 heterocycles. The van der Waals surface area contributed by atoms with Crippen LogP contribution >= 0.6 is 0 Å². The van der Waals surface area contributed by atoms with Crippen molar-refractivity contribution in [3.05, 3.63) is 70.8 Å². The van der Waals surface area contributed by atoms with Crippen molar-refractivity contribution < 1.29 is 19.8 Å². The molecule has 6 nitrogen and oxygen atoms in total. The molecule has 0 saturated heterocycles. The minimum Gasteiger partial charge on any atom is -0.478 e. The van der Waals surface area contributed by atoms with Crippen LogP contribution in [0.15, 0.2) is 48.5 Å². The molecule has 1 atom stereocenters. The lowest BCUT2D eigenvalue weighted by Crippen LogP contribution is -2.05. The zero-order valence-electron chi connectivity index (χ0n) is 13.7. The van der Waals surface area contributed by atoms with E-state index in [-0.39, 0.29) is 6.04 Å². The highest BCUT2D eigenvalue weighted by Gasteiger charge is 2.03. The third-order valence-electron chi connectivity index (χ3n) is 3.27. The summed E-state index contributed by atoms with van der Waals surface area (Å²) in [7, 11) is 1.85. The summed E-state index contributed by atoms with van der Waals surface area (Å²) in [5.41, 5.74) is 8.24. The van der Waals surface area contributed by atoms with E-state index in [1.54, 1.807) is 48.5 Å². The van der Waals surface area contributed by atoms with E-state index < -0.39 is 11.9 Å². The van der Waals surface area contributed by atoms with Gasteiger partial charge in [-0.05, 0) is 49.4 Å². The summed E-state index contributed by atoms with van der Waals surface area (Å²) < 4.78 is 0. The molecule has 0 radical (unpaired) electrons. The fourth-order valence-corrected chi connectivity index (χ4v) is 1.90. The molecule has 0 amide bonds. The van der Waals surface area contributed by atoms with E-state index in [4.69, 9.17) is 15.9 Å². The standard InChI is InChI=1S/2C9H11NO2/c1-10-6-7-2-4-8(5-3-7)9(11)12;1-6(10)7-2-4-8(5-3-7)9(11)12/h2-5,10H,6H2,1H3,(H,11,12);2-6H,10H2,1H3,(H,11,12). The van der Waals surface area contributed by atoms with Gasteiger partial charge in [-0.3, -0.25) is 0 Å². The van der Waals surface area contributed by atoms with Crippen LogP contribution in [0, 0.1) is 0 Å². The van der Waals surface area contributed by atoms with Gasteiger partial charge in [-0.1, -0.05) is 24.3 Å². The Balaban J connectivity index is 0.000000240. The highest BCUT2D eigenvalue weighted by atomic mass is 16.4. The van der Waals surface area contributed by atoms with Gasteiger partial charge in [0, 0.05) is 12.6 Å². The molecule has 0 aliphatic rings. The van der Waals surface area contributed by atoms with Gasteiger partial charge < -0.3 is 21.3 Å². The van der Waals surface area contributed by atoms with Crippen LogP contribution in [0.25, 0.3) is 0 Å². The van der Waals surface area contributed by atoms with Gasteiger partial charge in [-0.25, -0.2) is 9.59 Å². The van der Waals surface area contributed by atoms with Crippen molar-refractivity contribution in [1.82, 2.24) is 5.32 Å². The average molecular weight is 330 g/mol.